The van der Waals surface area contributed by atoms with Gasteiger partial charge in [-0.15, -0.1) is 0 Å². The zero-order chi connectivity index (χ0) is 12.0. The predicted molar refractivity (Wildman–Crippen MR) is 67.1 cm³/mol. The van der Waals surface area contributed by atoms with Gasteiger partial charge in [-0.05, 0) is 38.8 Å². The summed E-state index contributed by atoms with van der Waals surface area (Å²) in [4.78, 5) is 0.979. The molecule has 0 spiro atoms. The van der Waals surface area contributed by atoms with Crippen LogP contribution in [0.2, 0.25) is 0 Å². The summed E-state index contributed by atoms with van der Waals surface area (Å²) in [6, 6.07) is 7.87. The first-order chi connectivity index (χ1) is 7.68. The van der Waals surface area contributed by atoms with Gasteiger partial charge in [0.25, 0.3) is 0 Å². The van der Waals surface area contributed by atoms with Gasteiger partial charge >= 0.3 is 0 Å². The molecule has 0 bridgehead atoms. The van der Waals surface area contributed by atoms with Gasteiger partial charge in [0.05, 0.1) is 0 Å². The van der Waals surface area contributed by atoms with Crippen LogP contribution < -0.4 is 5.14 Å². The smallest absolute Gasteiger partial charge is 0.192 e. The van der Waals surface area contributed by atoms with E-state index in [0.29, 0.717) is 13.2 Å². The Morgan fingerprint density at radius 1 is 1.19 bits per heavy atom. The van der Waals surface area contributed by atoms with E-state index in [2.05, 4.69) is 0 Å². The second kappa shape index (κ2) is 6.25. The number of nitrogens with two attached hydrogens (primary N) is 1. The normalized spacial score (nSPS) is 11.8. The SMILES string of the molecule is CCOC(C)(OCC)c1ccccc1SN. The fourth-order valence-corrected chi connectivity index (χ4v) is 2.23. The van der Waals surface area contributed by atoms with Crippen LogP contribution >= 0.6 is 11.9 Å². The first-order valence-electron chi connectivity index (χ1n) is 5.42. The molecule has 0 aliphatic heterocycles. The highest BCUT2D eigenvalue weighted by Crippen LogP contribution is 2.33. The molecule has 90 valence electrons. The van der Waals surface area contributed by atoms with Crippen molar-refractivity contribution in [3.05, 3.63) is 29.8 Å². The summed E-state index contributed by atoms with van der Waals surface area (Å²) in [7, 11) is 0. The molecule has 3 nitrogen and oxygen atoms in total. The maximum Gasteiger partial charge on any atom is 0.192 e. The molecule has 0 saturated heterocycles. The molecule has 0 unspecified atom stereocenters. The molecule has 0 aromatic heterocycles. The maximum atomic E-state index is 5.71. The Bertz CT molecular complexity index is 325. The molecule has 0 heterocycles. The topological polar surface area (TPSA) is 44.5 Å². The fourth-order valence-electron chi connectivity index (χ4n) is 1.69. The molecule has 16 heavy (non-hydrogen) atoms. The van der Waals surface area contributed by atoms with Crippen molar-refractivity contribution >= 4 is 11.9 Å². The van der Waals surface area contributed by atoms with E-state index in [1.807, 2.05) is 45.0 Å². The van der Waals surface area contributed by atoms with Crippen LogP contribution in [0.4, 0.5) is 0 Å². The highest BCUT2D eigenvalue weighted by atomic mass is 32.2. The van der Waals surface area contributed by atoms with Crippen LogP contribution in [0.5, 0.6) is 0 Å². The monoisotopic (exact) mass is 241 g/mol. The lowest BCUT2D eigenvalue weighted by molar-refractivity contribution is -0.231. The van der Waals surface area contributed by atoms with Gasteiger partial charge in [-0.1, -0.05) is 18.2 Å². The third-order valence-corrected chi connectivity index (χ3v) is 2.95. The van der Waals surface area contributed by atoms with Crippen molar-refractivity contribution in [1.82, 2.24) is 0 Å². The summed E-state index contributed by atoms with van der Waals surface area (Å²) in [5.41, 5.74) is 0.978. The highest BCUT2D eigenvalue weighted by molar-refractivity contribution is 7.97. The van der Waals surface area contributed by atoms with E-state index in [4.69, 9.17) is 14.6 Å². The highest BCUT2D eigenvalue weighted by Gasteiger charge is 2.29. The van der Waals surface area contributed by atoms with Crippen LogP contribution in [-0.4, -0.2) is 13.2 Å². The van der Waals surface area contributed by atoms with E-state index < -0.39 is 5.79 Å². The van der Waals surface area contributed by atoms with Crippen LogP contribution in [0.25, 0.3) is 0 Å². The van der Waals surface area contributed by atoms with Crippen molar-refractivity contribution in [3.8, 4) is 0 Å². The summed E-state index contributed by atoms with van der Waals surface area (Å²) >= 11 is 1.21. The number of benzene rings is 1. The van der Waals surface area contributed by atoms with Crippen LogP contribution in [0, 0.1) is 0 Å². The standard InChI is InChI=1S/C12H19NO2S/c1-4-14-12(3,15-5-2)10-8-6-7-9-11(10)16-13/h6-9H,4-5,13H2,1-3H3. The third-order valence-electron chi connectivity index (χ3n) is 2.34. The molecule has 2 N–H and O–H groups in total. The number of hydrogen-bond donors (Lipinski definition) is 1. The number of ether oxygens (including phenoxy) is 2. The van der Waals surface area contributed by atoms with E-state index in [1.165, 1.54) is 11.9 Å². The molecule has 0 radical (unpaired) electrons. The van der Waals surface area contributed by atoms with Gasteiger partial charge < -0.3 is 9.47 Å². The molecule has 0 amide bonds. The average molecular weight is 241 g/mol. The minimum Gasteiger partial charge on any atom is -0.346 e. The molecular weight excluding hydrogens is 222 g/mol. The van der Waals surface area contributed by atoms with Crippen molar-refractivity contribution in [3.63, 3.8) is 0 Å². The third kappa shape index (κ3) is 2.98. The van der Waals surface area contributed by atoms with E-state index in [-0.39, 0.29) is 0 Å². The molecule has 0 aliphatic carbocycles. The molecule has 0 saturated carbocycles. The second-order valence-corrected chi connectivity index (χ2v) is 4.10. The van der Waals surface area contributed by atoms with Crippen molar-refractivity contribution in [2.45, 2.75) is 31.5 Å². The summed E-state index contributed by atoms with van der Waals surface area (Å²) in [5.74, 6) is -0.716. The van der Waals surface area contributed by atoms with Gasteiger partial charge in [-0.3, -0.25) is 5.14 Å². The van der Waals surface area contributed by atoms with Gasteiger partial charge in [-0.2, -0.15) is 0 Å². The minimum atomic E-state index is -0.716. The van der Waals surface area contributed by atoms with E-state index in [9.17, 15) is 0 Å². The molecule has 0 atom stereocenters. The lowest BCUT2D eigenvalue weighted by Crippen LogP contribution is -2.30. The van der Waals surface area contributed by atoms with Gasteiger partial charge in [0.2, 0.25) is 0 Å². The van der Waals surface area contributed by atoms with E-state index >= 15 is 0 Å². The van der Waals surface area contributed by atoms with Crippen LogP contribution in [0.1, 0.15) is 26.3 Å². The van der Waals surface area contributed by atoms with Crippen LogP contribution in [0.15, 0.2) is 29.2 Å². The maximum absolute atomic E-state index is 5.71. The molecule has 0 aliphatic rings. The first-order valence-corrected chi connectivity index (χ1v) is 6.30. The molecule has 1 aromatic rings. The Hall–Kier alpha value is -0.550. The average Bonchev–Trinajstić information content (AvgIpc) is 2.29. The quantitative estimate of drug-likeness (QED) is 0.614. The molecular formula is C12H19NO2S. The molecule has 4 heteroatoms. The van der Waals surface area contributed by atoms with Gasteiger partial charge in [0.1, 0.15) is 0 Å². The molecule has 1 aromatic carbocycles. The Morgan fingerprint density at radius 2 is 1.75 bits per heavy atom. The van der Waals surface area contributed by atoms with Crippen molar-refractivity contribution in [1.29, 1.82) is 0 Å². The van der Waals surface area contributed by atoms with Gasteiger partial charge in [0.15, 0.2) is 5.79 Å². The second-order valence-electron chi connectivity index (χ2n) is 3.43. The summed E-state index contributed by atoms with van der Waals surface area (Å²) in [6.07, 6.45) is 0. The lowest BCUT2D eigenvalue weighted by Gasteiger charge is -2.30. The zero-order valence-corrected chi connectivity index (χ0v) is 10.8. The fraction of sp³-hybridized carbons (Fsp3) is 0.500. The largest absolute Gasteiger partial charge is 0.346 e. The number of rotatable bonds is 6. The van der Waals surface area contributed by atoms with Crippen molar-refractivity contribution < 1.29 is 9.47 Å². The van der Waals surface area contributed by atoms with Crippen LogP contribution in [0.3, 0.4) is 0 Å². The van der Waals surface area contributed by atoms with Gasteiger partial charge in [-0.25, -0.2) is 0 Å². The Balaban J connectivity index is 3.09. The van der Waals surface area contributed by atoms with Crippen molar-refractivity contribution in [2.24, 2.45) is 5.14 Å². The van der Waals surface area contributed by atoms with Gasteiger partial charge in [0, 0.05) is 23.7 Å². The minimum absolute atomic E-state index is 0.597. The lowest BCUT2D eigenvalue weighted by atomic mass is 10.1. The summed E-state index contributed by atoms with van der Waals surface area (Å²) in [5, 5.41) is 5.65. The summed E-state index contributed by atoms with van der Waals surface area (Å²) in [6.45, 7) is 7.03. The zero-order valence-electron chi connectivity index (χ0n) is 10.0. The Kier molecular flexibility index (Phi) is 5.28. The van der Waals surface area contributed by atoms with E-state index in [0.717, 1.165) is 10.5 Å². The Morgan fingerprint density at radius 3 is 2.25 bits per heavy atom. The Labute approximate surface area is 101 Å². The number of hydrogen-bond acceptors (Lipinski definition) is 4. The predicted octanol–water partition coefficient (Wildman–Crippen LogP) is 2.90. The summed E-state index contributed by atoms with van der Waals surface area (Å²) < 4.78 is 11.4. The first kappa shape index (κ1) is 13.5. The van der Waals surface area contributed by atoms with E-state index in [1.54, 1.807) is 0 Å². The molecule has 0 fully saturated rings. The molecule has 1 rings (SSSR count). The van der Waals surface area contributed by atoms with Crippen LogP contribution in [-0.2, 0) is 15.3 Å². The van der Waals surface area contributed by atoms with Crippen molar-refractivity contribution in [2.75, 3.05) is 13.2 Å².